The standard InChI is InChI=1S/C22H31N2O5/c1-2-3-4-5-6-7-8-9-10-11-12-13-14-15-16-17-18-19-20-22(21-25,23(26)27)24(28)29/h3-4,6-7,9-10,12-13,15-16H,2,5,8,11,14,17-20H2,1H3/b4-3+,7-6+,10-9+,13-12+,16-15+. The zero-order valence-corrected chi connectivity index (χ0v) is 17.1. The summed E-state index contributed by atoms with van der Waals surface area (Å²) in [6, 6.07) is 0. The first-order chi connectivity index (χ1) is 14.0. The Balaban J connectivity index is 3.85. The average Bonchev–Trinajstić information content (AvgIpc) is 2.69. The van der Waals surface area contributed by atoms with E-state index in [0.29, 0.717) is 12.8 Å². The second kappa shape index (κ2) is 17.3. The summed E-state index contributed by atoms with van der Waals surface area (Å²) in [5, 5.41) is 21.6. The highest BCUT2D eigenvalue weighted by Crippen LogP contribution is 2.18. The molecule has 0 amide bonds. The van der Waals surface area contributed by atoms with E-state index in [2.05, 4.69) is 55.5 Å². The van der Waals surface area contributed by atoms with Gasteiger partial charge >= 0.3 is 11.9 Å². The lowest BCUT2D eigenvalue weighted by molar-refractivity contribution is -0.772. The van der Waals surface area contributed by atoms with E-state index in [0.717, 1.165) is 38.4 Å². The molecule has 0 rings (SSSR count). The van der Waals surface area contributed by atoms with Crippen molar-refractivity contribution in [2.24, 2.45) is 0 Å². The van der Waals surface area contributed by atoms with Gasteiger partial charge in [0, 0.05) is 0 Å². The summed E-state index contributed by atoms with van der Waals surface area (Å²) in [5.41, 5.74) is -2.83. The number of nitro groups is 2. The van der Waals surface area contributed by atoms with E-state index < -0.39 is 21.9 Å². The maximum Gasteiger partial charge on any atom is 0.523 e. The summed E-state index contributed by atoms with van der Waals surface area (Å²) in [6.07, 6.45) is 27.5. The van der Waals surface area contributed by atoms with Gasteiger partial charge in [-0.2, -0.15) is 0 Å². The molecule has 0 unspecified atom stereocenters. The Morgan fingerprint density at radius 2 is 1.14 bits per heavy atom. The molecule has 0 aliphatic carbocycles. The predicted octanol–water partition coefficient (Wildman–Crippen LogP) is 5.66. The number of nitrogens with zero attached hydrogens (tertiary/aromatic N) is 2. The van der Waals surface area contributed by atoms with Crippen molar-refractivity contribution in [3.63, 3.8) is 0 Å². The molecule has 0 aliphatic heterocycles. The summed E-state index contributed by atoms with van der Waals surface area (Å²) >= 11 is 0. The fraction of sp³-hybridized carbons (Fsp3) is 0.500. The van der Waals surface area contributed by atoms with Crippen LogP contribution in [0.4, 0.5) is 0 Å². The van der Waals surface area contributed by atoms with Gasteiger partial charge in [0.25, 0.3) is 0 Å². The topological polar surface area (TPSA) is 103 Å². The Hall–Kier alpha value is -2.83. The van der Waals surface area contributed by atoms with Crippen molar-refractivity contribution in [3.05, 3.63) is 81.0 Å². The second-order valence-corrected chi connectivity index (χ2v) is 6.39. The number of unbranched alkanes of at least 4 members (excludes halogenated alkanes) is 2. The number of hydrogen-bond acceptors (Lipinski definition) is 5. The number of allylic oxidation sites excluding steroid dienone is 10. The van der Waals surface area contributed by atoms with Crippen molar-refractivity contribution >= 4 is 6.29 Å². The summed E-state index contributed by atoms with van der Waals surface area (Å²) in [7, 11) is 0. The third-order valence-electron chi connectivity index (χ3n) is 4.07. The van der Waals surface area contributed by atoms with Crippen LogP contribution in [-0.2, 0) is 4.79 Å². The quantitative estimate of drug-likeness (QED) is 0.102. The highest BCUT2D eigenvalue weighted by molar-refractivity contribution is 5.59. The highest BCUT2D eigenvalue weighted by atomic mass is 16.7. The monoisotopic (exact) mass is 403 g/mol. The minimum absolute atomic E-state index is 0.214. The molecule has 29 heavy (non-hydrogen) atoms. The smallest absolute Gasteiger partial charge is 0.273 e. The Morgan fingerprint density at radius 1 is 0.724 bits per heavy atom. The normalized spacial score (nSPS) is 12.9. The molecule has 0 saturated heterocycles. The van der Waals surface area contributed by atoms with Crippen LogP contribution in [0.5, 0.6) is 0 Å². The number of rotatable bonds is 17. The SMILES string of the molecule is CC/C=C/C/C=C/C/C=C/C/C=C/C/C=C/CCCCC([C]=O)([N+](=O)[O-])[N+](=O)[O-]. The molecule has 0 aromatic heterocycles. The zero-order chi connectivity index (χ0) is 21.8. The fourth-order valence-electron chi connectivity index (χ4n) is 2.38. The van der Waals surface area contributed by atoms with Crippen LogP contribution in [-0.4, -0.2) is 21.8 Å². The van der Waals surface area contributed by atoms with Gasteiger partial charge in [0.05, 0.1) is 6.42 Å². The van der Waals surface area contributed by atoms with E-state index in [9.17, 15) is 25.0 Å². The van der Waals surface area contributed by atoms with E-state index >= 15 is 0 Å². The molecule has 0 fully saturated rings. The molecule has 1 radical (unpaired) electrons. The van der Waals surface area contributed by atoms with E-state index in [4.69, 9.17) is 0 Å². The number of hydrogen-bond donors (Lipinski definition) is 0. The van der Waals surface area contributed by atoms with Crippen LogP contribution in [0, 0.1) is 20.2 Å². The van der Waals surface area contributed by atoms with Crippen molar-refractivity contribution in [2.45, 2.75) is 70.4 Å². The fourth-order valence-corrected chi connectivity index (χ4v) is 2.38. The molecule has 0 aromatic rings. The van der Waals surface area contributed by atoms with Crippen LogP contribution in [0.1, 0.15) is 64.7 Å². The Labute approximate surface area is 172 Å². The van der Waals surface area contributed by atoms with E-state index in [1.165, 1.54) is 0 Å². The zero-order valence-electron chi connectivity index (χ0n) is 17.1. The third kappa shape index (κ3) is 12.3. The van der Waals surface area contributed by atoms with E-state index in [-0.39, 0.29) is 6.42 Å². The first-order valence-electron chi connectivity index (χ1n) is 9.94. The van der Waals surface area contributed by atoms with Crippen molar-refractivity contribution in [3.8, 4) is 0 Å². The van der Waals surface area contributed by atoms with Gasteiger partial charge in [-0.05, 0) is 51.4 Å². The van der Waals surface area contributed by atoms with Gasteiger partial charge in [0.15, 0.2) is 0 Å². The largest absolute Gasteiger partial charge is 0.523 e. The highest BCUT2D eigenvalue weighted by Gasteiger charge is 2.57. The molecule has 0 spiro atoms. The summed E-state index contributed by atoms with van der Waals surface area (Å²) in [5.74, 6) is 0. The molecule has 0 aliphatic rings. The van der Waals surface area contributed by atoms with Gasteiger partial charge in [0.1, 0.15) is 9.85 Å². The van der Waals surface area contributed by atoms with Gasteiger partial charge in [-0.25, -0.2) is 0 Å². The molecule has 7 heteroatoms. The number of carbonyl (C=O) groups excluding carboxylic acids is 1. The Kier molecular flexibility index (Phi) is 15.6. The summed E-state index contributed by atoms with van der Waals surface area (Å²) < 4.78 is 0. The van der Waals surface area contributed by atoms with Gasteiger partial charge < -0.3 is 0 Å². The van der Waals surface area contributed by atoms with Gasteiger partial charge in [-0.1, -0.05) is 67.7 Å². The predicted molar refractivity (Wildman–Crippen MR) is 115 cm³/mol. The molecule has 0 heterocycles. The van der Waals surface area contributed by atoms with Gasteiger partial charge in [-0.15, -0.1) is 0 Å². The molecular formula is C22H31N2O5. The third-order valence-corrected chi connectivity index (χ3v) is 4.07. The van der Waals surface area contributed by atoms with Crippen LogP contribution < -0.4 is 0 Å². The lowest BCUT2D eigenvalue weighted by Crippen LogP contribution is -2.47. The van der Waals surface area contributed by atoms with Crippen LogP contribution in [0.2, 0.25) is 0 Å². The molecule has 7 nitrogen and oxygen atoms in total. The van der Waals surface area contributed by atoms with Crippen LogP contribution >= 0.6 is 0 Å². The Morgan fingerprint density at radius 3 is 1.52 bits per heavy atom. The van der Waals surface area contributed by atoms with Gasteiger partial charge in [0.2, 0.25) is 0 Å². The van der Waals surface area contributed by atoms with Crippen LogP contribution in [0.25, 0.3) is 0 Å². The summed E-state index contributed by atoms with van der Waals surface area (Å²) in [4.78, 5) is 29.9. The molecular weight excluding hydrogens is 372 g/mol. The first kappa shape index (κ1) is 26.2. The Bertz CT molecular complexity index is 619. The van der Waals surface area contributed by atoms with Crippen LogP contribution in [0.15, 0.2) is 60.8 Å². The van der Waals surface area contributed by atoms with Crippen LogP contribution in [0.3, 0.4) is 0 Å². The molecule has 0 bridgehead atoms. The minimum atomic E-state index is -2.83. The second-order valence-electron chi connectivity index (χ2n) is 6.39. The summed E-state index contributed by atoms with van der Waals surface area (Å²) in [6.45, 7) is 2.12. The maximum absolute atomic E-state index is 10.8. The molecule has 0 aromatic carbocycles. The lowest BCUT2D eigenvalue weighted by atomic mass is 10.0. The van der Waals surface area contributed by atoms with Crippen molar-refractivity contribution in [1.82, 2.24) is 0 Å². The van der Waals surface area contributed by atoms with Crippen molar-refractivity contribution in [1.29, 1.82) is 0 Å². The minimum Gasteiger partial charge on any atom is -0.273 e. The van der Waals surface area contributed by atoms with E-state index in [1.54, 1.807) is 0 Å². The molecule has 0 N–H and O–H groups in total. The van der Waals surface area contributed by atoms with Crippen molar-refractivity contribution in [2.75, 3.05) is 0 Å². The first-order valence-corrected chi connectivity index (χ1v) is 9.94. The molecule has 159 valence electrons. The lowest BCUT2D eigenvalue weighted by Gasteiger charge is -2.09. The average molecular weight is 403 g/mol. The van der Waals surface area contributed by atoms with Gasteiger partial charge in [-0.3, -0.25) is 25.0 Å². The molecule has 0 atom stereocenters. The maximum atomic E-state index is 10.8. The van der Waals surface area contributed by atoms with E-state index in [1.807, 2.05) is 12.2 Å². The molecule has 0 saturated carbocycles. The van der Waals surface area contributed by atoms with Crippen molar-refractivity contribution < 1.29 is 14.6 Å².